The van der Waals surface area contributed by atoms with E-state index < -0.39 is 0 Å². The zero-order valence-corrected chi connectivity index (χ0v) is 8.73. The van der Waals surface area contributed by atoms with Gasteiger partial charge in [0.15, 0.2) is 0 Å². The molecule has 0 spiro atoms. The highest BCUT2D eigenvalue weighted by atomic mass is 16.2. The summed E-state index contributed by atoms with van der Waals surface area (Å²) in [6.45, 7) is 3.27. The Hall–Kier alpha value is -1.51. The Morgan fingerprint density at radius 1 is 1.40 bits per heavy atom. The van der Waals surface area contributed by atoms with Gasteiger partial charge in [-0.3, -0.25) is 4.79 Å². The first-order valence-electron chi connectivity index (χ1n) is 5.42. The molecule has 15 heavy (non-hydrogen) atoms. The van der Waals surface area contributed by atoms with Crippen LogP contribution < -0.4 is 10.2 Å². The molecule has 2 aliphatic heterocycles. The van der Waals surface area contributed by atoms with E-state index in [1.807, 2.05) is 24.3 Å². The summed E-state index contributed by atoms with van der Waals surface area (Å²) in [4.78, 5) is 14.1. The van der Waals surface area contributed by atoms with Crippen molar-refractivity contribution in [2.75, 3.05) is 11.4 Å². The summed E-state index contributed by atoms with van der Waals surface area (Å²) in [5.74, 6) is 0.724. The molecule has 2 atom stereocenters. The number of fused-ring (bicyclic) bond motifs is 3. The van der Waals surface area contributed by atoms with Crippen LogP contribution in [0.3, 0.4) is 0 Å². The second kappa shape index (κ2) is 2.99. The van der Waals surface area contributed by atoms with Gasteiger partial charge < -0.3 is 10.2 Å². The van der Waals surface area contributed by atoms with Crippen molar-refractivity contribution in [2.24, 2.45) is 5.92 Å². The van der Waals surface area contributed by atoms with E-state index in [0.29, 0.717) is 5.92 Å². The highest BCUT2D eigenvalue weighted by Gasteiger charge is 2.36. The maximum atomic E-state index is 11.8. The predicted octanol–water partition coefficient (Wildman–Crippen LogP) is 1.60. The smallest absolute Gasteiger partial charge is 0.254 e. The van der Waals surface area contributed by atoms with Crippen molar-refractivity contribution in [1.82, 2.24) is 5.32 Å². The van der Waals surface area contributed by atoms with E-state index in [1.54, 1.807) is 0 Å². The summed E-state index contributed by atoms with van der Waals surface area (Å²) in [6, 6.07) is 7.85. The Bertz CT molecular complexity index is 416. The fraction of sp³-hybridized carbons (Fsp3) is 0.417. The molecule has 0 radical (unpaired) electrons. The number of benzene rings is 1. The van der Waals surface area contributed by atoms with Crippen molar-refractivity contribution in [1.29, 1.82) is 0 Å². The summed E-state index contributed by atoms with van der Waals surface area (Å²) >= 11 is 0. The Balaban J connectivity index is 2.09. The predicted molar refractivity (Wildman–Crippen MR) is 58.8 cm³/mol. The molecular formula is C12H14N2O. The van der Waals surface area contributed by atoms with Gasteiger partial charge in [-0.25, -0.2) is 0 Å². The minimum absolute atomic E-state index is 0.0703. The lowest BCUT2D eigenvalue weighted by Crippen LogP contribution is -2.49. The Morgan fingerprint density at radius 2 is 2.20 bits per heavy atom. The molecule has 1 aromatic carbocycles. The lowest BCUT2D eigenvalue weighted by atomic mass is 10.1. The van der Waals surface area contributed by atoms with E-state index in [4.69, 9.17) is 0 Å². The standard InChI is InChI=1S/C12H14N2O/c1-8-6-11-13-12(15)9-4-2-3-5-10(9)14(11)7-8/h2-5,8,11H,6-7H2,1H3,(H,13,15). The number of hydrogen-bond donors (Lipinski definition) is 1. The minimum Gasteiger partial charge on any atom is -0.350 e. The molecule has 1 saturated heterocycles. The van der Waals surface area contributed by atoms with E-state index in [-0.39, 0.29) is 12.1 Å². The Kier molecular flexibility index (Phi) is 1.75. The molecule has 1 fully saturated rings. The third-order valence-corrected chi connectivity index (χ3v) is 3.27. The number of nitrogens with zero attached hydrogens (tertiary/aromatic N) is 1. The molecule has 2 unspecified atom stereocenters. The molecule has 0 saturated carbocycles. The van der Waals surface area contributed by atoms with Crippen LogP contribution in [0.4, 0.5) is 5.69 Å². The van der Waals surface area contributed by atoms with Crippen LogP contribution in [0.1, 0.15) is 23.7 Å². The third-order valence-electron chi connectivity index (χ3n) is 3.27. The quantitative estimate of drug-likeness (QED) is 0.693. The van der Waals surface area contributed by atoms with Gasteiger partial charge in [-0.15, -0.1) is 0 Å². The van der Waals surface area contributed by atoms with Crippen LogP contribution in [0.15, 0.2) is 24.3 Å². The SMILES string of the molecule is CC1CC2NC(=O)c3ccccc3N2C1. The zero-order valence-electron chi connectivity index (χ0n) is 8.73. The summed E-state index contributed by atoms with van der Waals surface area (Å²) in [5, 5.41) is 3.05. The van der Waals surface area contributed by atoms with Gasteiger partial charge in [-0.05, 0) is 24.5 Å². The van der Waals surface area contributed by atoms with Gasteiger partial charge >= 0.3 is 0 Å². The molecule has 2 heterocycles. The van der Waals surface area contributed by atoms with Crippen molar-refractivity contribution in [3.8, 4) is 0 Å². The van der Waals surface area contributed by atoms with Crippen LogP contribution in [-0.4, -0.2) is 18.6 Å². The van der Waals surface area contributed by atoms with Crippen molar-refractivity contribution in [2.45, 2.75) is 19.5 Å². The number of anilines is 1. The van der Waals surface area contributed by atoms with Gasteiger partial charge in [0.25, 0.3) is 5.91 Å². The van der Waals surface area contributed by atoms with E-state index >= 15 is 0 Å². The number of carbonyl (C=O) groups excluding carboxylic acids is 1. The lowest BCUT2D eigenvalue weighted by Gasteiger charge is -2.33. The molecule has 3 rings (SSSR count). The molecule has 0 aliphatic carbocycles. The molecule has 1 N–H and O–H groups in total. The molecule has 0 aromatic heterocycles. The first-order chi connectivity index (χ1) is 7.25. The summed E-state index contributed by atoms with van der Waals surface area (Å²) in [5.41, 5.74) is 1.90. The average Bonchev–Trinajstić information content (AvgIpc) is 2.59. The number of hydrogen-bond acceptors (Lipinski definition) is 2. The number of para-hydroxylation sites is 1. The highest BCUT2D eigenvalue weighted by molar-refractivity contribution is 6.02. The minimum atomic E-state index is 0.0703. The molecule has 0 bridgehead atoms. The third kappa shape index (κ3) is 1.23. The van der Waals surface area contributed by atoms with Gasteiger partial charge in [-0.1, -0.05) is 19.1 Å². The van der Waals surface area contributed by atoms with Crippen molar-refractivity contribution in [3.63, 3.8) is 0 Å². The van der Waals surface area contributed by atoms with Crippen molar-refractivity contribution < 1.29 is 4.79 Å². The lowest BCUT2D eigenvalue weighted by molar-refractivity contribution is 0.0930. The van der Waals surface area contributed by atoms with Crippen LogP contribution in [0, 0.1) is 5.92 Å². The highest BCUT2D eigenvalue weighted by Crippen LogP contribution is 2.33. The van der Waals surface area contributed by atoms with Crippen LogP contribution in [-0.2, 0) is 0 Å². The van der Waals surface area contributed by atoms with Crippen LogP contribution in [0.2, 0.25) is 0 Å². The largest absolute Gasteiger partial charge is 0.350 e. The zero-order chi connectivity index (χ0) is 10.4. The van der Waals surface area contributed by atoms with Gasteiger partial charge in [-0.2, -0.15) is 0 Å². The Morgan fingerprint density at radius 3 is 3.07 bits per heavy atom. The monoisotopic (exact) mass is 202 g/mol. The van der Waals surface area contributed by atoms with Crippen LogP contribution in [0.25, 0.3) is 0 Å². The summed E-state index contributed by atoms with van der Waals surface area (Å²) in [7, 11) is 0. The molecule has 1 aromatic rings. The van der Waals surface area contributed by atoms with Gasteiger partial charge in [0.1, 0.15) is 6.17 Å². The van der Waals surface area contributed by atoms with Gasteiger partial charge in [0.05, 0.1) is 11.3 Å². The molecule has 3 heteroatoms. The number of nitrogens with one attached hydrogen (secondary N) is 1. The van der Waals surface area contributed by atoms with E-state index in [1.165, 1.54) is 0 Å². The van der Waals surface area contributed by atoms with Crippen molar-refractivity contribution in [3.05, 3.63) is 29.8 Å². The molecule has 3 nitrogen and oxygen atoms in total. The Labute approximate surface area is 89.1 Å². The van der Waals surface area contributed by atoms with Gasteiger partial charge in [0.2, 0.25) is 0 Å². The summed E-state index contributed by atoms with van der Waals surface area (Å²) < 4.78 is 0. The first kappa shape index (κ1) is 8.77. The summed E-state index contributed by atoms with van der Waals surface area (Å²) in [6.07, 6.45) is 1.27. The average molecular weight is 202 g/mol. The van der Waals surface area contributed by atoms with Gasteiger partial charge in [0, 0.05) is 6.54 Å². The number of rotatable bonds is 0. The normalized spacial score (nSPS) is 28.3. The topological polar surface area (TPSA) is 32.3 Å². The maximum absolute atomic E-state index is 11.8. The second-order valence-corrected chi connectivity index (χ2v) is 4.50. The first-order valence-corrected chi connectivity index (χ1v) is 5.42. The molecule has 2 aliphatic rings. The maximum Gasteiger partial charge on any atom is 0.254 e. The fourth-order valence-electron chi connectivity index (χ4n) is 2.59. The molecule has 1 amide bonds. The fourth-order valence-corrected chi connectivity index (χ4v) is 2.59. The molecule has 78 valence electrons. The van der Waals surface area contributed by atoms with Crippen LogP contribution in [0.5, 0.6) is 0 Å². The van der Waals surface area contributed by atoms with Crippen molar-refractivity contribution >= 4 is 11.6 Å². The number of carbonyl (C=O) groups is 1. The number of amides is 1. The van der Waals surface area contributed by atoms with E-state index in [2.05, 4.69) is 17.1 Å². The van der Waals surface area contributed by atoms with E-state index in [9.17, 15) is 4.79 Å². The second-order valence-electron chi connectivity index (χ2n) is 4.50. The molecular weight excluding hydrogens is 188 g/mol. The van der Waals surface area contributed by atoms with E-state index in [0.717, 1.165) is 24.2 Å². The van der Waals surface area contributed by atoms with Crippen LogP contribution >= 0.6 is 0 Å².